The van der Waals surface area contributed by atoms with Crippen LogP contribution < -0.4 is 10.7 Å². The van der Waals surface area contributed by atoms with Crippen LogP contribution in [0.15, 0.2) is 71.8 Å². The molecule has 0 spiro atoms. The van der Waals surface area contributed by atoms with Crippen molar-refractivity contribution in [2.45, 2.75) is 13.8 Å². The monoisotopic (exact) mass is 331 g/mol. The van der Waals surface area contributed by atoms with Crippen molar-refractivity contribution in [2.75, 3.05) is 11.9 Å². The zero-order valence-electron chi connectivity index (χ0n) is 14.4. The average Bonchev–Trinajstić information content (AvgIpc) is 2.65. The number of fused-ring (bicyclic) bond motifs is 1. The van der Waals surface area contributed by atoms with Crippen LogP contribution in [-0.4, -0.2) is 18.2 Å². The van der Waals surface area contributed by atoms with Crippen LogP contribution in [-0.2, 0) is 4.79 Å². The van der Waals surface area contributed by atoms with Gasteiger partial charge in [0.25, 0.3) is 5.91 Å². The summed E-state index contributed by atoms with van der Waals surface area (Å²) in [4.78, 5) is 12.0. The highest BCUT2D eigenvalue weighted by Crippen LogP contribution is 2.16. The molecule has 3 aromatic carbocycles. The van der Waals surface area contributed by atoms with Crippen molar-refractivity contribution in [3.63, 3.8) is 0 Å². The molecule has 0 aliphatic rings. The third-order valence-corrected chi connectivity index (χ3v) is 4.10. The summed E-state index contributed by atoms with van der Waals surface area (Å²) in [5, 5.41) is 9.67. The molecule has 3 aromatic rings. The SMILES string of the molecule is CC(=NNC(=O)CNc1ccccc1C)c1ccc2ccccc2c1. The Bertz CT molecular complexity index is 931. The van der Waals surface area contributed by atoms with E-state index in [0.29, 0.717) is 0 Å². The fourth-order valence-corrected chi connectivity index (χ4v) is 2.61. The number of hydrogen-bond donors (Lipinski definition) is 2. The van der Waals surface area contributed by atoms with Crippen LogP contribution in [0.4, 0.5) is 5.69 Å². The standard InChI is InChI=1S/C21H21N3O/c1-15-7-3-6-10-20(15)22-14-21(25)24-23-16(2)18-12-11-17-8-4-5-9-19(17)13-18/h3-13,22H,14H2,1-2H3,(H,24,25). The molecule has 4 nitrogen and oxygen atoms in total. The predicted octanol–water partition coefficient (Wildman–Crippen LogP) is 4.10. The molecule has 0 aliphatic carbocycles. The molecule has 0 bridgehead atoms. The van der Waals surface area contributed by atoms with E-state index in [1.54, 1.807) is 0 Å². The topological polar surface area (TPSA) is 53.5 Å². The van der Waals surface area contributed by atoms with Gasteiger partial charge in [0.15, 0.2) is 0 Å². The van der Waals surface area contributed by atoms with E-state index in [0.717, 1.165) is 27.9 Å². The van der Waals surface area contributed by atoms with Crippen LogP contribution in [0.25, 0.3) is 10.8 Å². The minimum absolute atomic E-state index is 0.177. The maximum Gasteiger partial charge on any atom is 0.259 e. The van der Waals surface area contributed by atoms with Crippen LogP contribution in [0, 0.1) is 6.92 Å². The Labute approximate surface area is 147 Å². The number of para-hydroxylation sites is 1. The molecule has 0 fully saturated rings. The highest BCUT2D eigenvalue weighted by atomic mass is 16.2. The third kappa shape index (κ3) is 4.23. The van der Waals surface area contributed by atoms with Gasteiger partial charge in [-0.15, -0.1) is 0 Å². The summed E-state index contributed by atoms with van der Waals surface area (Å²) in [7, 11) is 0. The van der Waals surface area contributed by atoms with Crippen LogP contribution in [0.5, 0.6) is 0 Å². The zero-order valence-corrected chi connectivity index (χ0v) is 14.4. The number of anilines is 1. The molecular formula is C21H21N3O. The maximum absolute atomic E-state index is 12.0. The number of hydrazone groups is 1. The summed E-state index contributed by atoms with van der Waals surface area (Å²) in [5.74, 6) is -0.177. The van der Waals surface area contributed by atoms with Crippen LogP contribution in [0.3, 0.4) is 0 Å². The second-order valence-electron chi connectivity index (χ2n) is 5.96. The van der Waals surface area contributed by atoms with E-state index in [2.05, 4.69) is 40.1 Å². The lowest BCUT2D eigenvalue weighted by Gasteiger charge is -2.08. The molecule has 2 N–H and O–H groups in total. The second-order valence-corrected chi connectivity index (χ2v) is 5.96. The minimum atomic E-state index is -0.177. The molecule has 0 atom stereocenters. The molecule has 0 unspecified atom stereocenters. The summed E-state index contributed by atoms with van der Waals surface area (Å²) in [6.07, 6.45) is 0. The van der Waals surface area contributed by atoms with Gasteiger partial charge in [0, 0.05) is 5.69 Å². The first-order chi connectivity index (χ1) is 12.1. The Balaban J connectivity index is 1.62. The van der Waals surface area contributed by atoms with Gasteiger partial charge in [-0.05, 0) is 47.9 Å². The van der Waals surface area contributed by atoms with Crippen LogP contribution >= 0.6 is 0 Å². The number of benzene rings is 3. The highest BCUT2D eigenvalue weighted by molar-refractivity contribution is 6.02. The summed E-state index contributed by atoms with van der Waals surface area (Å²) in [5.41, 5.74) is 6.42. The highest BCUT2D eigenvalue weighted by Gasteiger charge is 2.03. The van der Waals surface area contributed by atoms with Crippen molar-refractivity contribution in [2.24, 2.45) is 5.10 Å². The molecule has 126 valence electrons. The summed E-state index contributed by atoms with van der Waals surface area (Å²) < 4.78 is 0. The van der Waals surface area contributed by atoms with Crippen LogP contribution in [0.1, 0.15) is 18.1 Å². The van der Waals surface area contributed by atoms with Gasteiger partial charge < -0.3 is 5.32 Å². The predicted molar refractivity (Wildman–Crippen MR) is 104 cm³/mol. The van der Waals surface area contributed by atoms with Crippen molar-refractivity contribution in [3.8, 4) is 0 Å². The number of nitrogens with zero attached hydrogens (tertiary/aromatic N) is 1. The largest absolute Gasteiger partial charge is 0.376 e. The smallest absolute Gasteiger partial charge is 0.259 e. The number of carbonyl (C=O) groups excluding carboxylic acids is 1. The van der Waals surface area contributed by atoms with Gasteiger partial charge >= 0.3 is 0 Å². The molecule has 0 radical (unpaired) electrons. The fourth-order valence-electron chi connectivity index (χ4n) is 2.61. The Kier molecular flexibility index (Phi) is 5.09. The van der Waals surface area contributed by atoms with Crippen LogP contribution in [0.2, 0.25) is 0 Å². The molecule has 0 saturated heterocycles. The number of hydrogen-bond acceptors (Lipinski definition) is 3. The van der Waals surface area contributed by atoms with E-state index in [4.69, 9.17) is 0 Å². The third-order valence-electron chi connectivity index (χ3n) is 4.10. The minimum Gasteiger partial charge on any atom is -0.376 e. The molecule has 0 heterocycles. The van der Waals surface area contributed by atoms with Crippen molar-refractivity contribution in [3.05, 3.63) is 77.9 Å². The van der Waals surface area contributed by atoms with Gasteiger partial charge in [-0.3, -0.25) is 4.79 Å². The molecule has 0 aliphatic heterocycles. The summed E-state index contributed by atoms with van der Waals surface area (Å²) >= 11 is 0. The average molecular weight is 331 g/mol. The Morgan fingerprint density at radius 3 is 2.48 bits per heavy atom. The first kappa shape index (κ1) is 16.7. The Morgan fingerprint density at radius 1 is 0.960 bits per heavy atom. The maximum atomic E-state index is 12.0. The van der Waals surface area contributed by atoms with E-state index < -0.39 is 0 Å². The molecule has 0 aromatic heterocycles. The van der Waals surface area contributed by atoms with Crippen molar-refractivity contribution in [1.29, 1.82) is 0 Å². The lowest BCUT2D eigenvalue weighted by molar-refractivity contribution is -0.119. The van der Waals surface area contributed by atoms with Gasteiger partial charge in [0.1, 0.15) is 0 Å². The van der Waals surface area contributed by atoms with Gasteiger partial charge in [-0.1, -0.05) is 54.6 Å². The van der Waals surface area contributed by atoms with Crippen molar-refractivity contribution >= 4 is 28.1 Å². The summed E-state index contributed by atoms with van der Waals surface area (Å²) in [6, 6.07) is 22.2. The van der Waals surface area contributed by atoms with E-state index in [1.807, 2.05) is 56.3 Å². The number of rotatable bonds is 5. The quantitative estimate of drug-likeness (QED) is 0.546. The van der Waals surface area contributed by atoms with Gasteiger partial charge in [0.2, 0.25) is 0 Å². The molecule has 0 saturated carbocycles. The van der Waals surface area contributed by atoms with E-state index in [-0.39, 0.29) is 12.5 Å². The Morgan fingerprint density at radius 2 is 1.68 bits per heavy atom. The number of nitrogens with one attached hydrogen (secondary N) is 2. The first-order valence-corrected chi connectivity index (χ1v) is 8.25. The molecular weight excluding hydrogens is 310 g/mol. The summed E-state index contributed by atoms with van der Waals surface area (Å²) in [6.45, 7) is 4.07. The van der Waals surface area contributed by atoms with Crippen molar-refractivity contribution < 1.29 is 4.79 Å². The van der Waals surface area contributed by atoms with Gasteiger partial charge in [0.05, 0.1) is 12.3 Å². The second kappa shape index (κ2) is 7.62. The zero-order chi connectivity index (χ0) is 17.6. The number of carbonyl (C=O) groups is 1. The lowest BCUT2D eigenvalue weighted by atomic mass is 10.0. The van der Waals surface area contributed by atoms with E-state index in [1.165, 1.54) is 5.39 Å². The molecule has 3 rings (SSSR count). The molecule has 4 heteroatoms. The van der Waals surface area contributed by atoms with Crippen molar-refractivity contribution in [1.82, 2.24) is 5.43 Å². The van der Waals surface area contributed by atoms with Gasteiger partial charge in [-0.25, -0.2) is 5.43 Å². The van der Waals surface area contributed by atoms with E-state index in [9.17, 15) is 4.79 Å². The molecule has 25 heavy (non-hydrogen) atoms. The lowest BCUT2D eigenvalue weighted by Crippen LogP contribution is -2.27. The normalized spacial score (nSPS) is 11.4. The first-order valence-electron chi connectivity index (χ1n) is 8.25. The molecule has 1 amide bonds. The fraction of sp³-hybridized carbons (Fsp3) is 0.143. The van der Waals surface area contributed by atoms with E-state index >= 15 is 0 Å². The number of aryl methyl sites for hydroxylation is 1. The number of amides is 1. The van der Waals surface area contributed by atoms with Gasteiger partial charge in [-0.2, -0.15) is 5.10 Å². The Hall–Kier alpha value is -3.14.